The zero-order valence-corrected chi connectivity index (χ0v) is 8.54. The van der Waals surface area contributed by atoms with Crippen molar-refractivity contribution in [3.05, 3.63) is 0 Å². The van der Waals surface area contributed by atoms with Crippen molar-refractivity contribution in [2.75, 3.05) is 13.1 Å². The van der Waals surface area contributed by atoms with Crippen molar-refractivity contribution >= 4 is 11.9 Å². The van der Waals surface area contributed by atoms with Crippen LogP contribution in [0, 0.1) is 0 Å². The normalized spacial score (nSPS) is 17.5. The summed E-state index contributed by atoms with van der Waals surface area (Å²) in [6.07, 6.45) is 1.06. The van der Waals surface area contributed by atoms with Crippen LogP contribution in [-0.2, 0) is 4.79 Å². The molecule has 14 heavy (non-hydrogen) atoms. The Hall–Kier alpha value is -1.10. The second kappa shape index (κ2) is 3.96. The Balaban J connectivity index is 2.66. The minimum atomic E-state index is -0.947. The fraction of sp³-hybridized carbons (Fsp3) is 0.778. The number of nitrogens with zero attached hydrogens (tertiary/aromatic N) is 1. The van der Waals surface area contributed by atoms with Gasteiger partial charge in [0.2, 0.25) is 5.91 Å². The maximum atomic E-state index is 11.2. The first-order valence-electron chi connectivity index (χ1n) is 4.83. The van der Waals surface area contributed by atoms with Gasteiger partial charge in [-0.05, 0) is 12.8 Å². The molecule has 0 spiro atoms. The molecule has 1 aliphatic heterocycles. The molecule has 0 aromatic carbocycles. The van der Waals surface area contributed by atoms with Crippen molar-refractivity contribution in [1.29, 1.82) is 0 Å². The lowest BCUT2D eigenvalue weighted by molar-refractivity contribution is -0.127. The predicted octanol–water partition coefficient (Wildman–Crippen LogP) is 0.0893. The van der Waals surface area contributed by atoms with E-state index < -0.39 is 11.6 Å². The van der Waals surface area contributed by atoms with Crippen molar-refractivity contribution in [1.82, 2.24) is 10.2 Å². The molecule has 0 unspecified atom stereocenters. The van der Waals surface area contributed by atoms with Crippen LogP contribution in [0.4, 0.5) is 4.79 Å². The molecule has 1 saturated heterocycles. The first-order valence-corrected chi connectivity index (χ1v) is 4.83. The summed E-state index contributed by atoms with van der Waals surface area (Å²) in [5.74, 6) is -0.268. The molecular weight excluding hydrogens is 184 g/mol. The number of carbonyl (C=O) groups excluding carboxylic acids is 2. The third-order valence-corrected chi connectivity index (χ3v) is 2.71. The highest BCUT2D eigenvalue weighted by molar-refractivity contribution is 6.02. The van der Waals surface area contributed by atoms with E-state index >= 15 is 0 Å². The van der Waals surface area contributed by atoms with E-state index in [0.717, 1.165) is 4.90 Å². The summed E-state index contributed by atoms with van der Waals surface area (Å²) in [6, 6.07) is -0.407. The number of hydrogen-bond acceptors (Lipinski definition) is 3. The predicted molar refractivity (Wildman–Crippen MR) is 50.6 cm³/mol. The van der Waals surface area contributed by atoms with Crippen LogP contribution >= 0.6 is 0 Å². The number of β-amino-alcohol motifs (C(OH)–C–C–N with tert-alkyl or cyclic N) is 1. The minimum absolute atomic E-state index is 0.0440. The number of urea groups is 1. The van der Waals surface area contributed by atoms with E-state index in [4.69, 9.17) is 0 Å². The van der Waals surface area contributed by atoms with Gasteiger partial charge in [-0.2, -0.15) is 0 Å². The molecule has 1 heterocycles. The Bertz CT molecular complexity index is 232. The summed E-state index contributed by atoms with van der Waals surface area (Å²) >= 11 is 0. The van der Waals surface area contributed by atoms with Crippen LogP contribution in [0.25, 0.3) is 0 Å². The first kappa shape index (κ1) is 11.0. The average molecular weight is 200 g/mol. The molecule has 5 heteroatoms. The Labute approximate surface area is 83.1 Å². The summed E-state index contributed by atoms with van der Waals surface area (Å²) in [5, 5.41) is 12.4. The summed E-state index contributed by atoms with van der Waals surface area (Å²) in [4.78, 5) is 23.5. The van der Waals surface area contributed by atoms with Crippen molar-refractivity contribution in [2.24, 2.45) is 0 Å². The number of aliphatic hydroxyl groups is 1. The van der Waals surface area contributed by atoms with Crippen molar-refractivity contribution in [2.45, 2.75) is 32.3 Å². The summed E-state index contributed by atoms with van der Waals surface area (Å²) in [6.45, 7) is 3.80. The monoisotopic (exact) mass is 200 g/mol. The molecule has 0 radical (unpaired) electrons. The van der Waals surface area contributed by atoms with E-state index in [1.165, 1.54) is 0 Å². The SMILES string of the molecule is CCC(O)(CC)CN1C(=O)CNC1=O. The van der Waals surface area contributed by atoms with E-state index in [1.807, 2.05) is 13.8 Å². The molecule has 80 valence electrons. The van der Waals surface area contributed by atoms with Gasteiger partial charge in [0.15, 0.2) is 0 Å². The van der Waals surface area contributed by atoms with Gasteiger partial charge < -0.3 is 10.4 Å². The molecule has 1 fully saturated rings. The zero-order chi connectivity index (χ0) is 10.8. The smallest absolute Gasteiger partial charge is 0.324 e. The Morgan fingerprint density at radius 2 is 2.00 bits per heavy atom. The van der Waals surface area contributed by atoms with Crippen LogP contribution in [-0.4, -0.2) is 40.6 Å². The molecule has 0 saturated carbocycles. The van der Waals surface area contributed by atoms with Crippen LogP contribution in [0.1, 0.15) is 26.7 Å². The fourth-order valence-corrected chi connectivity index (χ4v) is 1.38. The zero-order valence-electron chi connectivity index (χ0n) is 8.54. The number of hydrogen-bond donors (Lipinski definition) is 2. The molecule has 0 aromatic rings. The van der Waals surface area contributed by atoms with Crippen LogP contribution in [0.5, 0.6) is 0 Å². The fourth-order valence-electron chi connectivity index (χ4n) is 1.38. The largest absolute Gasteiger partial charge is 0.388 e. The van der Waals surface area contributed by atoms with E-state index in [1.54, 1.807) is 0 Å². The van der Waals surface area contributed by atoms with Gasteiger partial charge in [-0.3, -0.25) is 9.69 Å². The van der Waals surface area contributed by atoms with Crippen molar-refractivity contribution in [3.8, 4) is 0 Å². The topological polar surface area (TPSA) is 69.6 Å². The standard InChI is InChI=1S/C9H16N2O3/c1-3-9(14,4-2)6-11-7(12)5-10-8(11)13/h14H,3-6H2,1-2H3,(H,10,13). The molecular formula is C9H16N2O3. The van der Waals surface area contributed by atoms with Gasteiger partial charge in [-0.15, -0.1) is 0 Å². The second-order valence-corrected chi connectivity index (χ2v) is 3.57. The first-order chi connectivity index (χ1) is 6.52. The number of rotatable bonds is 4. The molecule has 2 N–H and O–H groups in total. The molecule has 5 nitrogen and oxygen atoms in total. The molecule has 0 aliphatic carbocycles. The maximum Gasteiger partial charge on any atom is 0.324 e. The van der Waals surface area contributed by atoms with E-state index in [-0.39, 0.29) is 19.0 Å². The number of imide groups is 1. The van der Waals surface area contributed by atoms with Crippen LogP contribution in [0.3, 0.4) is 0 Å². The van der Waals surface area contributed by atoms with Crippen LogP contribution in [0.2, 0.25) is 0 Å². The highest BCUT2D eigenvalue weighted by Gasteiger charge is 2.35. The highest BCUT2D eigenvalue weighted by Crippen LogP contribution is 2.17. The maximum absolute atomic E-state index is 11.2. The second-order valence-electron chi connectivity index (χ2n) is 3.57. The lowest BCUT2D eigenvalue weighted by atomic mass is 9.97. The van der Waals surface area contributed by atoms with E-state index in [0.29, 0.717) is 12.8 Å². The quantitative estimate of drug-likeness (QED) is 0.632. The van der Waals surface area contributed by atoms with Crippen molar-refractivity contribution < 1.29 is 14.7 Å². The van der Waals surface area contributed by atoms with Gasteiger partial charge in [0.25, 0.3) is 0 Å². The van der Waals surface area contributed by atoms with Gasteiger partial charge in [-0.25, -0.2) is 4.79 Å². The van der Waals surface area contributed by atoms with Crippen LogP contribution < -0.4 is 5.32 Å². The lowest BCUT2D eigenvalue weighted by Crippen LogP contribution is -2.45. The number of carbonyl (C=O) groups is 2. The lowest BCUT2D eigenvalue weighted by Gasteiger charge is -2.28. The Kier molecular flexibility index (Phi) is 3.10. The number of nitrogens with one attached hydrogen (secondary N) is 1. The van der Waals surface area contributed by atoms with Crippen molar-refractivity contribution in [3.63, 3.8) is 0 Å². The van der Waals surface area contributed by atoms with Gasteiger partial charge in [0.1, 0.15) is 0 Å². The third-order valence-electron chi connectivity index (χ3n) is 2.71. The number of amides is 3. The molecule has 0 bridgehead atoms. The van der Waals surface area contributed by atoms with Gasteiger partial charge >= 0.3 is 6.03 Å². The summed E-state index contributed by atoms with van der Waals surface area (Å²) < 4.78 is 0. The Morgan fingerprint density at radius 3 is 2.36 bits per heavy atom. The molecule has 0 aromatic heterocycles. The molecule has 1 rings (SSSR count). The third kappa shape index (κ3) is 2.04. The highest BCUT2D eigenvalue weighted by atomic mass is 16.3. The van der Waals surface area contributed by atoms with Crippen LogP contribution in [0.15, 0.2) is 0 Å². The average Bonchev–Trinajstić information content (AvgIpc) is 2.49. The summed E-state index contributed by atoms with van der Waals surface area (Å²) in [7, 11) is 0. The minimum Gasteiger partial charge on any atom is -0.388 e. The summed E-state index contributed by atoms with van der Waals surface area (Å²) in [5.41, 5.74) is -0.947. The molecule has 0 atom stereocenters. The van der Waals surface area contributed by atoms with Gasteiger partial charge in [-0.1, -0.05) is 13.8 Å². The van der Waals surface area contributed by atoms with E-state index in [9.17, 15) is 14.7 Å². The molecule has 3 amide bonds. The van der Waals surface area contributed by atoms with E-state index in [2.05, 4.69) is 5.32 Å². The van der Waals surface area contributed by atoms with Gasteiger partial charge in [0.05, 0.1) is 18.7 Å². The molecule has 1 aliphatic rings. The Morgan fingerprint density at radius 1 is 1.43 bits per heavy atom. The van der Waals surface area contributed by atoms with Gasteiger partial charge in [0, 0.05) is 0 Å².